The maximum atomic E-state index is 12.1. The van der Waals surface area contributed by atoms with Crippen LogP contribution in [0.15, 0.2) is 24.3 Å². The molecule has 140 valence electrons. The highest BCUT2D eigenvalue weighted by Gasteiger charge is 2.11. The normalized spacial score (nSPS) is 15.2. The molecule has 1 aliphatic carbocycles. The van der Waals surface area contributed by atoms with Crippen molar-refractivity contribution in [2.75, 3.05) is 26.2 Å². The lowest BCUT2D eigenvalue weighted by Gasteiger charge is -2.22. The van der Waals surface area contributed by atoms with Gasteiger partial charge in [0.15, 0.2) is 0 Å². The van der Waals surface area contributed by atoms with Crippen LogP contribution in [-0.4, -0.2) is 38.1 Å². The summed E-state index contributed by atoms with van der Waals surface area (Å²) in [6, 6.07) is 8.24. The predicted octanol–water partition coefficient (Wildman–Crippen LogP) is 2.17. The first-order chi connectivity index (χ1) is 12.3. The zero-order valence-corrected chi connectivity index (χ0v) is 15.4. The molecule has 1 aromatic rings. The quantitative estimate of drug-likeness (QED) is 0.463. The summed E-state index contributed by atoms with van der Waals surface area (Å²) in [5.41, 5.74) is 7.28. The third-order valence-electron chi connectivity index (χ3n) is 4.83. The smallest absolute Gasteiger partial charge is 0.251 e. The average molecular weight is 347 g/mol. The van der Waals surface area contributed by atoms with Crippen LogP contribution in [0.5, 0.6) is 0 Å². The van der Waals surface area contributed by atoms with E-state index in [1.54, 1.807) is 0 Å². The van der Waals surface area contributed by atoms with Crippen molar-refractivity contribution in [1.82, 2.24) is 16.0 Å². The fourth-order valence-electron chi connectivity index (χ4n) is 3.31. The number of benzene rings is 1. The van der Waals surface area contributed by atoms with Crippen LogP contribution in [0.25, 0.3) is 0 Å². The standard InChI is InChI=1S/C20H34N4O/c21-16-17-7-6-8-18(15-17)20(25)24-12-5-4-11-22-13-14-23-19-9-2-1-3-10-19/h6-8,15,19,22-23H,1-5,9-14,16,21H2,(H,24,25). The molecule has 1 fully saturated rings. The van der Waals surface area contributed by atoms with Crippen molar-refractivity contribution in [1.29, 1.82) is 0 Å². The highest BCUT2D eigenvalue weighted by Crippen LogP contribution is 2.16. The molecule has 0 aromatic heterocycles. The fourth-order valence-corrected chi connectivity index (χ4v) is 3.31. The van der Waals surface area contributed by atoms with Gasteiger partial charge in [-0.05, 0) is 49.9 Å². The van der Waals surface area contributed by atoms with Crippen LogP contribution in [0.1, 0.15) is 60.9 Å². The Morgan fingerprint density at radius 2 is 1.84 bits per heavy atom. The SMILES string of the molecule is NCc1cccc(C(=O)NCCCCNCCNC2CCCCC2)c1. The molecule has 0 bridgehead atoms. The summed E-state index contributed by atoms with van der Waals surface area (Å²) >= 11 is 0. The molecule has 0 saturated heterocycles. The van der Waals surface area contributed by atoms with Crippen LogP contribution < -0.4 is 21.7 Å². The first-order valence-corrected chi connectivity index (χ1v) is 9.81. The van der Waals surface area contributed by atoms with Crippen LogP contribution in [0.3, 0.4) is 0 Å². The monoisotopic (exact) mass is 346 g/mol. The Hall–Kier alpha value is -1.43. The molecule has 0 atom stereocenters. The third kappa shape index (κ3) is 7.99. The number of carbonyl (C=O) groups excluding carboxylic acids is 1. The van der Waals surface area contributed by atoms with Gasteiger partial charge in [-0.2, -0.15) is 0 Å². The van der Waals surface area contributed by atoms with E-state index in [1.807, 2.05) is 24.3 Å². The predicted molar refractivity (Wildman–Crippen MR) is 104 cm³/mol. The minimum Gasteiger partial charge on any atom is -0.352 e. The number of nitrogens with two attached hydrogens (primary N) is 1. The molecule has 0 unspecified atom stereocenters. The van der Waals surface area contributed by atoms with Crippen LogP contribution in [0.2, 0.25) is 0 Å². The van der Waals surface area contributed by atoms with E-state index in [0.717, 1.165) is 44.1 Å². The van der Waals surface area contributed by atoms with Gasteiger partial charge in [-0.15, -0.1) is 0 Å². The highest BCUT2D eigenvalue weighted by molar-refractivity contribution is 5.94. The molecular formula is C20H34N4O. The lowest BCUT2D eigenvalue weighted by atomic mass is 9.95. The molecule has 0 spiro atoms. The number of unbranched alkanes of at least 4 members (excludes halogenated alkanes) is 1. The first-order valence-electron chi connectivity index (χ1n) is 9.81. The molecule has 2 rings (SSSR count). The van der Waals surface area contributed by atoms with E-state index in [0.29, 0.717) is 18.7 Å². The summed E-state index contributed by atoms with van der Waals surface area (Å²) in [4.78, 5) is 12.1. The zero-order valence-electron chi connectivity index (χ0n) is 15.4. The number of carbonyl (C=O) groups is 1. The summed E-state index contributed by atoms with van der Waals surface area (Å²) in [5.74, 6) is -0.0139. The lowest BCUT2D eigenvalue weighted by Crippen LogP contribution is -2.36. The molecule has 5 nitrogen and oxygen atoms in total. The highest BCUT2D eigenvalue weighted by atomic mass is 16.1. The van der Waals surface area contributed by atoms with E-state index in [9.17, 15) is 4.79 Å². The first kappa shape index (κ1) is 19.9. The Morgan fingerprint density at radius 1 is 1.04 bits per heavy atom. The van der Waals surface area contributed by atoms with E-state index < -0.39 is 0 Å². The van der Waals surface area contributed by atoms with E-state index in [4.69, 9.17) is 5.73 Å². The van der Waals surface area contributed by atoms with Crippen molar-refractivity contribution in [2.24, 2.45) is 5.73 Å². The number of amides is 1. The Kier molecular flexibility index (Phi) is 9.55. The second-order valence-corrected chi connectivity index (χ2v) is 6.91. The summed E-state index contributed by atoms with van der Waals surface area (Å²) in [7, 11) is 0. The van der Waals surface area contributed by atoms with Gasteiger partial charge < -0.3 is 21.7 Å². The van der Waals surface area contributed by atoms with Gasteiger partial charge in [0.1, 0.15) is 0 Å². The van der Waals surface area contributed by atoms with Gasteiger partial charge in [-0.25, -0.2) is 0 Å². The third-order valence-corrected chi connectivity index (χ3v) is 4.83. The molecule has 1 amide bonds. The van der Waals surface area contributed by atoms with Crippen molar-refractivity contribution in [3.8, 4) is 0 Å². The number of hydrogen-bond donors (Lipinski definition) is 4. The molecular weight excluding hydrogens is 312 g/mol. The van der Waals surface area contributed by atoms with Gasteiger partial charge in [0.05, 0.1) is 0 Å². The van der Waals surface area contributed by atoms with Crippen LogP contribution in [-0.2, 0) is 6.54 Å². The lowest BCUT2D eigenvalue weighted by molar-refractivity contribution is 0.0953. The van der Waals surface area contributed by atoms with Gasteiger partial charge in [-0.3, -0.25) is 4.79 Å². The Balaban J connectivity index is 1.44. The molecule has 0 aliphatic heterocycles. The van der Waals surface area contributed by atoms with E-state index >= 15 is 0 Å². The largest absolute Gasteiger partial charge is 0.352 e. The van der Waals surface area contributed by atoms with Crippen molar-refractivity contribution in [3.63, 3.8) is 0 Å². The number of hydrogen-bond acceptors (Lipinski definition) is 4. The maximum absolute atomic E-state index is 12.1. The second-order valence-electron chi connectivity index (χ2n) is 6.91. The average Bonchev–Trinajstić information content (AvgIpc) is 2.67. The fraction of sp³-hybridized carbons (Fsp3) is 0.650. The van der Waals surface area contributed by atoms with Gasteiger partial charge in [0.2, 0.25) is 0 Å². The summed E-state index contributed by atoms with van der Waals surface area (Å²) in [5, 5.41) is 10.1. The number of nitrogens with one attached hydrogen (secondary N) is 3. The number of rotatable bonds is 11. The molecule has 5 N–H and O–H groups in total. The van der Waals surface area contributed by atoms with Gasteiger partial charge in [0, 0.05) is 37.8 Å². The van der Waals surface area contributed by atoms with Crippen LogP contribution >= 0.6 is 0 Å². The maximum Gasteiger partial charge on any atom is 0.251 e. The molecule has 0 radical (unpaired) electrons. The zero-order chi connectivity index (χ0) is 17.7. The van der Waals surface area contributed by atoms with Gasteiger partial charge >= 0.3 is 0 Å². The topological polar surface area (TPSA) is 79.2 Å². The Bertz CT molecular complexity index is 500. The molecule has 5 heteroatoms. The van der Waals surface area contributed by atoms with Crippen molar-refractivity contribution in [3.05, 3.63) is 35.4 Å². The molecule has 1 aliphatic rings. The molecule has 25 heavy (non-hydrogen) atoms. The second kappa shape index (κ2) is 12.0. The molecule has 1 aromatic carbocycles. The van der Waals surface area contributed by atoms with Crippen LogP contribution in [0.4, 0.5) is 0 Å². The molecule has 1 saturated carbocycles. The minimum atomic E-state index is -0.0139. The van der Waals surface area contributed by atoms with Gasteiger partial charge in [-0.1, -0.05) is 31.4 Å². The summed E-state index contributed by atoms with van der Waals surface area (Å²) in [6.07, 6.45) is 8.92. The van der Waals surface area contributed by atoms with Crippen molar-refractivity contribution < 1.29 is 4.79 Å². The van der Waals surface area contributed by atoms with E-state index in [1.165, 1.54) is 32.1 Å². The Labute approximate surface area is 152 Å². The minimum absolute atomic E-state index is 0.0139. The van der Waals surface area contributed by atoms with E-state index in [2.05, 4.69) is 16.0 Å². The summed E-state index contributed by atoms with van der Waals surface area (Å²) in [6.45, 7) is 4.26. The Morgan fingerprint density at radius 3 is 2.64 bits per heavy atom. The van der Waals surface area contributed by atoms with Crippen molar-refractivity contribution in [2.45, 2.75) is 57.5 Å². The van der Waals surface area contributed by atoms with Crippen LogP contribution in [0, 0.1) is 0 Å². The summed E-state index contributed by atoms with van der Waals surface area (Å²) < 4.78 is 0. The molecule has 0 heterocycles. The van der Waals surface area contributed by atoms with Crippen molar-refractivity contribution >= 4 is 5.91 Å². The van der Waals surface area contributed by atoms with Gasteiger partial charge in [0.25, 0.3) is 5.91 Å². The van der Waals surface area contributed by atoms with E-state index in [-0.39, 0.29) is 5.91 Å².